The molecule has 1 atom stereocenters. The summed E-state index contributed by atoms with van der Waals surface area (Å²) in [7, 11) is -3.68. The summed E-state index contributed by atoms with van der Waals surface area (Å²) in [6.07, 6.45) is 3.07. The number of allylic oxidation sites excluding steroid dienone is 1. The highest BCUT2D eigenvalue weighted by Gasteiger charge is 2.10. The van der Waals surface area contributed by atoms with Crippen LogP contribution in [0.4, 0.5) is 0 Å². The number of hydrogen-bond donors (Lipinski definition) is 2. The van der Waals surface area contributed by atoms with Crippen LogP contribution in [0.25, 0.3) is 0 Å². The van der Waals surface area contributed by atoms with Crippen LogP contribution >= 0.6 is 0 Å². The average Bonchev–Trinajstić information content (AvgIpc) is 2.28. The van der Waals surface area contributed by atoms with Crippen molar-refractivity contribution >= 4 is 15.9 Å². The molecule has 0 aromatic heterocycles. The van der Waals surface area contributed by atoms with Gasteiger partial charge < -0.3 is 5.32 Å². The number of benzene rings is 1. The minimum atomic E-state index is -3.68. The van der Waals surface area contributed by atoms with Gasteiger partial charge in [-0.15, -0.1) is 0 Å². The summed E-state index contributed by atoms with van der Waals surface area (Å²) in [5.41, 5.74) is 0.806. The number of hydrogen-bond acceptors (Lipinski definition) is 3. The number of carbonyl (C=O) groups excluding carboxylic acids is 1. The van der Waals surface area contributed by atoms with Crippen molar-refractivity contribution in [3.8, 4) is 0 Å². The van der Waals surface area contributed by atoms with Gasteiger partial charge in [0.15, 0.2) is 0 Å². The van der Waals surface area contributed by atoms with Crippen molar-refractivity contribution in [3.05, 3.63) is 42.0 Å². The van der Waals surface area contributed by atoms with E-state index in [1.807, 2.05) is 6.92 Å². The molecule has 18 heavy (non-hydrogen) atoms. The minimum absolute atomic E-state index is 0.0539. The second-order valence-corrected chi connectivity index (χ2v) is 5.41. The number of nitrogens with two attached hydrogens (primary N) is 1. The molecule has 1 amide bonds. The van der Waals surface area contributed by atoms with Gasteiger partial charge in [0.25, 0.3) is 0 Å². The van der Waals surface area contributed by atoms with E-state index in [2.05, 4.69) is 5.32 Å². The lowest BCUT2D eigenvalue weighted by atomic mass is 10.1. The van der Waals surface area contributed by atoms with E-state index in [1.54, 1.807) is 25.1 Å². The lowest BCUT2D eigenvalue weighted by Crippen LogP contribution is -2.24. The molecule has 0 saturated heterocycles. The smallest absolute Gasteiger partial charge is 0.244 e. The molecule has 6 heteroatoms. The Morgan fingerprint density at radius 1 is 1.33 bits per heavy atom. The fourth-order valence-corrected chi connectivity index (χ4v) is 1.96. The zero-order valence-corrected chi connectivity index (χ0v) is 11.1. The molecule has 1 aromatic carbocycles. The quantitative estimate of drug-likeness (QED) is 0.801. The van der Waals surface area contributed by atoms with Crippen molar-refractivity contribution in [2.75, 3.05) is 0 Å². The van der Waals surface area contributed by atoms with Crippen molar-refractivity contribution in [1.29, 1.82) is 0 Å². The fourth-order valence-electron chi connectivity index (χ4n) is 1.44. The van der Waals surface area contributed by atoms with Gasteiger partial charge in [0.2, 0.25) is 15.9 Å². The molecule has 98 valence electrons. The summed E-state index contributed by atoms with van der Waals surface area (Å²) in [6, 6.07) is 5.88. The highest BCUT2D eigenvalue weighted by atomic mass is 32.2. The Bertz CT molecular complexity index is 547. The molecule has 0 radical (unpaired) electrons. The first-order valence-corrected chi connectivity index (χ1v) is 6.95. The molecule has 1 unspecified atom stereocenters. The number of primary sulfonamides is 1. The maximum atomic E-state index is 11.3. The van der Waals surface area contributed by atoms with E-state index in [1.165, 1.54) is 18.2 Å². The number of nitrogens with one attached hydrogen (secondary N) is 1. The molecule has 0 aliphatic heterocycles. The first-order valence-electron chi connectivity index (χ1n) is 5.40. The van der Waals surface area contributed by atoms with Crippen LogP contribution in [0, 0.1) is 0 Å². The standard InChI is InChI=1S/C12H16N2O3S/c1-3-4-12(15)14-9(2)10-5-7-11(8-6-10)18(13,16)17/h3-9H,1-2H3,(H,14,15)(H2,13,16,17). The van der Waals surface area contributed by atoms with Crippen molar-refractivity contribution in [1.82, 2.24) is 5.32 Å². The predicted octanol–water partition coefficient (Wildman–Crippen LogP) is 1.09. The second-order valence-electron chi connectivity index (χ2n) is 3.84. The zero-order valence-electron chi connectivity index (χ0n) is 10.3. The summed E-state index contributed by atoms with van der Waals surface area (Å²) in [5.74, 6) is -0.194. The summed E-state index contributed by atoms with van der Waals surface area (Å²) >= 11 is 0. The van der Waals surface area contributed by atoms with Crippen LogP contribution in [0.5, 0.6) is 0 Å². The van der Waals surface area contributed by atoms with E-state index in [0.717, 1.165) is 5.56 Å². The third kappa shape index (κ3) is 3.97. The summed E-state index contributed by atoms with van der Waals surface area (Å²) < 4.78 is 22.2. The summed E-state index contributed by atoms with van der Waals surface area (Å²) in [6.45, 7) is 3.57. The number of rotatable bonds is 4. The molecule has 0 aliphatic rings. The lowest BCUT2D eigenvalue weighted by Gasteiger charge is -2.13. The normalized spacial score (nSPS) is 13.5. The molecule has 3 N–H and O–H groups in total. The van der Waals surface area contributed by atoms with Crippen molar-refractivity contribution < 1.29 is 13.2 Å². The Morgan fingerprint density at radius 2 is 1.89 bits per heavy atom. The molecule has 1 rings (SSSR count). The molecule has 0 saturated carbocycles. The van der Waals surface area contributed by atoms with Crippen LogP contribution < -0.4 is 10.5 Å². The van der Waals surface area contributed by atoms with Crippen molar-refractivity contribution in [2.24, 2.45) is 5.14 Å². The van der Waals surface area contributed by atoms with Crippen LogP contribution in [0.1, 0.15) is 25.5 Å². The summed E-state index contributed by atoms with van der Waals surface area (Å²) in [4.78, 5) is 11.4. The van der Waals surface area contributed by atoms with Gasteiger partial charge >= 0.3 is 0 Å². The average molecular weight is 268 g/mol. The maximum absolute atomic E-state index is 11.3. The van der Waals surface area contributed by atoms with E-state index in [4.69, 9.17) is 5.14 Å². The number of carbonyl (C=O) groups is 1. The van der Waals surface area contributed by atoms with Gasteiger partial charge in [-0.3, -0.25) is 4.79 Å². The largest absolute Gasteiger partial charge is 0.346 e. The monoisotopic (exact) mass is 268 g/mol. The second kappa shape index (κ2) is 5.79. The molecule has 0 fully saturated rings. The predicted molar refractivity (Wildman–Crippen MR) is 69.2 cm³/mol. The molecular formula is C12H16N2O3S. The van der Waals surface area contributed by atoms with Gasteiger partial charge in [-0.1, -0.05) is 18.2 Å². The van der Waals surface area contributed by atoms with Crippen LogP contribution in [0.3, 0.4) is 0 Å². The summed E-state index contributed by atoms with van der Waals surface area (Å²) in [5, 5.41) is 7.75. The van der Waals surface area contributed by atoms with Gasteiger partial charge in [-0.2, -0.15) is 0 Å². The van der Waals surface area contributed by atoms with Crippen LogP contribution in [-0.4, -0.2) is 14.3 Å². The zero-order chi connectivity index (χ0) is 13.8. The third-order valence-corrected chi connectivity index (χ3v) is 3.31. The molecule has 5 nitrogen and oxygen atoms in total. The van der Waals surface area contributed by atoms with E-state index in [-0.39, 0.29) is 16.8 Å². The van der Waals surface area contributed by atoms with E-state index >= 15 is 0 Å². The van der Waals surface area contributed by atoms with Crippen molar-refractivity contribution in [2.45, 2.75) is 24.8 Å². The topological polar surface area (TPSA) is 89.3 Å². The highest BCUT2D eigenvalue weighted by Crippen LogP contribution is 2.15. The van der Waals surface area contributed by atoms with Crippen LogP contribution in [0.2, 0.25) is 0 Å². The Hall–Kier alpha value is -1.66. The van der Waals surface area contributed by atoms with Crippen LogP contribution in [0.15, 0.2) is 41.3 Å². The molecule has 1 aromatic rings. The minimum Gasteiger partial charge on any atom is -0.346 e. The van der Waals surface area contributed by atoms with Gasteiger partial charge in [-0.25, -0.2) is 13.6 Å². The molecule has 0 bridgehead atoms. The van der Waals surface area contributed by atoms with Crippen LogP contribution in [-0.2, 0) is 14.8 Å². The van der Waals surface area contributed by atoms with E-state index in [9.17, 15) is 13.2 Å². The Balaban J connectivity index is 2.83. The Morgan fingerprint density at radius 3 is 2.33 bits per heavy atom. The molecule has 0 aliphatic carbocycles. The lowest BCUT2D eigenvalue weighted by molar-refractivity contribution is -0.117. The van der Waals surface area contributed by atoms with Gasteiger partial charge in [0.1, 0.15) is 0 Å². The van der Waals surface area contributed by atoms with E-state index in [0.29, 0.717) is 0 Å². The third-order valence-electron chi connectivity index (χ3n) is 2.39. The van der Waals surface area contributed by atoms with Crippen molar-refractivity contribution in [3.63, 3.8) is 0 Å². The Kier molecular flexibility index (Phi) is 4.63. The number of sulfonamides is 1. The highest BCUT2D eigenvalue weighted by molar-refractivity contribution is 7.89. The van der Waals surface area contributed by atoms with Gasteiger partial charge in [0.05, 0.1) is 10.9 Å². The van der Waals surface area contributed by atoms with Gasteiger partial charge in [-0.05, 0) is 37.6 Å². The molecule has 0 heterocycles. The first kappa shape index (κ1) is 14.4. The fraction of sp³-hybridized carbons (Fsp3) is 0.250. The van der Waals surface area contributed by atoms with E-state index < -0.39 is 10.0 Å². The SMILES string of the molecule is CC=CC(=O)NC(C)c1ccc(S(N)(=O)=O)cc1. The maximum Gasteiger partial charge on any atom is 0.244 e. The van der Waals surface area contributed by atoms with Gasteiger partial charge in [0, 0.05) is 0 Å². The molecular weight excluding hydrogens is 252 g/mol. The molecule has 0 spiro atoms. The Labute approximate surface area is 107 Å². The first-order chi connectivity index (χ1) is 8.34. The number of amides is 1.